The smallest absolute Gasteiger partial charge is 0.141 e. The molecule has 0 radical (unpaired) electrons. The molecule has 1 atom stereocenters. The van der Waals surface area contributed by atoms with Crippen molar-refractivity contribution in [3.63, 3.8) is 0 Å². The summed E-state index contributed by atoms with van der Waals surface area (Å²) in [5.41, 5.74) is 0. The molecule has 0 aromatic carbocycles. The lowest BCUT2D eigenvalue weighted by Crippen LogP contribution is -2.37. The molecule has 2 heterocycles. The molecular weight excluding hydrogens is 226 g/mol. The highest BCUT2D eigenvalue weighted by Crippen LogP contribution is 2.15. The molecule has 5 heteroatoms. The van der Waals surface area contributed by atoms with Gasteiger partial charge in [0.2, 0.25) is 0 Å². The third-order valence-electron chi connectivity index (χ3n) is 3.70. The zero-order valence-corrected chi connectivity index (χ0v) is 11.8. The SMILES string of the molecule is CCN1CCCC1CNCc1ncnn1C(C)C. The van der Waals surface area contributed by atoms with E-state index in [1.54, 1.807) is 6.33 Å². The molecule has 102 valence electrons. The average Bonchev–Trinajstić information content (AvgIpc) is 2.97. The lowest BCUT2D eigenvalue weighted by atomic mass is 10.2. The molecule has 5 nitrogen and oxygen atoms in total. The number of nitrogens with one attached hydrogen (secondary N) is 1. The van der Waals surface area contributed by atoms with Crippen LogP contribution >= 0.6 is 0 Å². The molecule has 0 amide bonds. The Labute approximate surface area is 110 Å². The largest absolute Gasteiger partial charge is 0.308 e. The first-order valence-corrected chi connectivity index (χ1v) is 7.05. The van der Waals surface area contributed by atoms with Crippen molar-refractivity contribution >= 4 is 0 Å². The van der Waals surface area contributed by atoms with Crippen LogP contribution in [0.1, 0.15) is 45.5 Å². The molecule has 0 aliphatic carbocycles. The minimum Gasteiger partial charge on any atom is -0.308 e. The predicted octanol–water partition coefficient (Wildman–Crippen LogP) is 1.43. The fraction of sp³-hybridized carbons (Fsp3) is 0.846. The van der Waals surface area contributed by atoms with Gasteiger partial charge in [-0.15, -0.1) is 0 Å². The Kier molecular flexibility index (Phi) is 4.72. The average molecular weight is 251 g/mol. The van der Waals surface area contributed by atoms with Gasteiger partial charge in [0, 0.05) is 18.6 Å². The number of rotatable bonds is 6. The van der Waals surface area contributed by atoms with Crippen molar-refractivity contribution in [3.05, 3.63) is 12.2 Å². The lowest BCUT2D eigenvalue weighted by Gasteiger charge is -2.23. The molecule has 1 aliphatic heterocycles. The number of aromatic nitrogens is 3. The number of likely N-dealkylation sites (tertiary alicyclic amines) is 1. The van der Waals surface area contributed by atoms with Crippen LogP contribution in [-0.2, 0) is 6.54 Å². The van der Waals surface area contributed by atoms with E-state index in [1.165, 1.54) is 19.4 Å². The van der Waals surface area contributed by atoms with Crippen molar-refractivity contribution < 1.29 is 0 Å². The molecule has 0 saturated carbocycles. The molecule has 1 aromatic rings. The Morgan fingerprint density at radius 3 is 3.06 bits per heavy atom. The molecule has 1 aliphatic rings. The Hall–Kier alpha value is -0.940. The molecule has 0 spiro atoms. The highest BCUT2D eigenvalue weighted by molar-refractivity contribution is 4.87. The highest BCUT2D eigenvalue weighted by Gasteiger charge is 2.22. The van der Waals surface area contributed by atoms with Crippen molar-refractivity contribution in [1.82, 2.24) is 25.0 Å². The van der Waals surface area contributed by atoms with Crippen molar-refractivity contribution in [2.45, 2.75) is 52.2 Å². The Balaban J connectivity index is 1.79. The fourth-order valence-corrected chi connectivity index (χ4v) is 2.73. The quantitative estimate of drug-likeness (QED) is 0.831. The summed E-state index contributed by atoms with van der Waals surface area (Å²) in [5.74, 6) is 1.03. The van der Waals surface area contributed by atoms with Gasteiger partial charge in [-0.05, 0) is 39.8 Å². The molecular formula is C13H25N5. The van der Waals surface area contributed by atoms with Gasteiger partial charge in [0.05, 0.1) is 6.54 Å². The summed E-state index contributed by atoms with van der Waals surface area (Å²) < 4.78 is 1.99. The third kappa shape index (κ3) is 3.09. The molecule has 1 saturated heterocycles. The second kappa shape index (κ2) is 6.29. The number of hydrogen-bond donors (Lipinski definition) is 1. The zero-order valence-electron chi connectivity index (χ0n) is 11.8. The maximum Gasteiger partial charge on any atom is 0.141 e. The van der Waals surface area contributed by atoms with E-state index >= 15 is 0 Å². The first kappa shape index (κ1) is 13.5. The number of hydrogen-bond acceptors (Lipinski definition) is 4. The van der Waals surface area contributed by atoms with Gasteiger partial charge >= 0.3 is 0 Å². The second-order valence-corrected chi connectivity index (χ2v) is 5.27. The Morgan fingerprint density at radius 2 is 2.33 bits per heavy atom. The summed E-state index contributed by atoms with van der Waals surface area (Å²) in [5, 5.41) is 7.78. The summed E-state index contributed by atoms with van der Waals surface area (Å²) in [6, 6.07) is 1.08. The third-order valence-corrected chi connectivity index (χ3v) is 3.70. The zero-order chi connectivity index (χ0) is 13.0. The van der Waals surface area contributed by atoms with Crippen LogP contribution in [0.5, 0.6) is 0 Å². The summed E-state index contributed by atoms with van der Waals surface area (Å²) >= 11 is 0. The second-order valence-electron chi connectivity index (χ2n) is 5.27. The summed E-state index contributed by atoms with van der Waals surface area (Å²) in [6.45, 7) is 10.8. The predicted molar refractivity (Wildman–Crippen MR) is 72.4 cm³/mol. The Bertz CT molecular complexity index is 360. The molecule has 1 N–H and O–H groups in total. The van der Waals surface area contributed by atoms with Crippen molar-refractivity contribution in [2.75, 3.05) is 19.6 Å². The molecule has 0 bridgehead atoms. The summed E-state index contributed by atoms with van der Waals surface area (Å²) in [7, 11) is 0. The van der Waals surface area contributed by atoms with E-state index in [4.69, 9.17) is 0 Å². The van der Waals surface area contributed by atoms with Crippen LogP contribution in [0.2, 0.25) is 0 Å². The van der Waals surface area contributed by atoms with E-state index in [0.717, 1.165) is 25.5 Å². The summed E-state index contributed by atoms with van der Waals surface area (Å²) in [6.07, 6.45) is 4.30. The fourth-order valence-electron chi connectivity index (χ4n) is 2.73. The van der Waals surface area contributed by atoms with E-state index in [9.17, 15) is 0 Å². The molecule has 18 heavy (non-hydrogen) atoms. The van der Waals surface area contributed by atoms with Crippen molar-refractivity contribution in [2.24, 2.45) is 0 Å². The maximum atomic E-state index is 4.32. The van der Waals surface area contributed by atoms with Crippen LogP contribution < -0.4 is 5.32 Å². The minimum absolute atomic E-state index is 0.378. The normalized spacial score (nSPS) is 21.0. The standard InChI is InChI=1S/C13H25N5/c1-4-17-7-5-6-12(17)8-14-9-13-15-10-16-18(13)11(2)3/h10-12,14H,4-9H2,1-3H3. The van der Waals surface area contributed by atoms with Gasteiger partial charge in [0.25, 0.3) is 0 Å². The van der Waals surface area contributed by atoms with Gasteiger partial charge in [-0.3, -0.25) is 4.90 Å². The van der Waals surface area contributed by atoms with E-state index in [1.807, 2.05) is 4.68 Å². The number of likely N-dealkylation sites (N-methyl/N-ethyl adjacent to an activating group) is 1. The highest BCUT2D eigenvalue weighted by atomic mass is 15.4. The van der Waals surface area contributed by atoms with E-state index in [2.05, 4.69) is 41.1 Å². The summed E-state index contributed by atoms with van der Waals surface area (Å²) in [4.78, 5) is 6.87. The monoisotopic (exact) mass is 251 g/mol. The van der Waals surface area contributed by atoms with E-state index in [-0.39, 0.29) is 0 Å². The van der Waals surface area contributed by atoms with E-state index in [0.29, 0.717) is 12.1 Å². The van der Waals surface area contributed by atoms with Crippen LogP contribution in [-0.4, -0.2) is 45.3 Å². The molecule has 1 aromatic heterocycles. The van der Waals surface area contributed by atoms with E-state index < -0.39 is 0 Å². The Morgan fingerprint density at radius 1 is 1.50 bits per heavy atom. The van der Waals surface area contributed by atoms with Crippen LogP contribution in [0, 0.1) is 0 Å². The van der Waals surface area contributed by atoms with Gasteiger partial charge in [-0.2, -0.15) is 5.10 Å². The minimum atomic E-state index is 0.378. The first-order chi connectivity index (χ1) is 8.72. The first-order valence-electron chi connectivity index (χ1n) is 7.05. The lowest BCUT2D eigenvalue weighted by molar-refractivity contribution is 0.259. The molecule has 1 fully saturated rings. The van der Waals surface area contributed by atoms with Crippen LogP contribution in [0.25, 0.3) is 0 Å². The molecule has 1 unspecified atom stereocenters. The van der Waals surface area contributed by atoms with Crippen LogP contribution in [0.3, 0.4) is 0 Å². The topological polar surface area (TPSA) is 46.0 Å². The molecule has 2 rings (SSSR count). The van der Waals surface area contributed by atoms with Crippen molar-refractivity contribution in [1.29, 1.82) is 0 Å². The van der Waals surface area contributed by atoms with Gasteiger partial charge in [0.1, 0.15) is 12.2 Å². The number of nitrogens with zero attached hydrogens (tertiary/aromatic N) is 4. The van der Waals surface area contributed by atoms with Crippen LogP contribution in [0.4, 0.5) is 0 Å². The van der Waals surface area contributed by atoms with Gasteiger partial charge < -0.3 is 5.32 Å². The van der Waals surface area contributed by atoms with Gasteiger partial charge in [-0.25, -0.2) is 9.67 Å². The van der Waals surface area contributed by atoms with Gasteiger partial charge in [0.15, 0.2) is 0 Å². The van der Waals surface area contributed by atoms with Crippen LogP contribution in [0.15, 0.2) is 6.33 Å². The van der Waals surface area contributed by atoms with Gasteiger partial charge in [-0.1, -0.05) is 6.92 Å². The van der Waals surface area contributed by atoms with Crippen molar-refractivity contribution in [3.8, 4) is 0 Å². The maximum absolute atomic E-state index is 4.32.